The molecule has 0 bridgehead atoms. The number of nitrogens with one attached hydrogen (secondary N) is 1. The Morgan fingerprint density at radius 1 is 1.40 bits per heavy atom. The summed E-state index contributed by atoms with van der Waals surface area (Å²) in [5.41, 5.74) is 0.769. The van der Waals surface area contributed by atoms with Crippen LogP contribution >= 0.6 is 11.3 Å². The average molecular weight is 287 g/mol. The molecule has 1 aliphatic heterocycles. The van der Waals surface area contributed by atoms with Crippen LogP contribution in [0.2, 0.25) is 0 Å². The van der Waals surface area contributed by atoms with Gasteiger partial charge in [-0.25, -0.2) is 0 Å². The number of benzene rings is 1. The van der Waals surface area contributed by atoms with Gasteiger partial charge in [0, 0.05) is 33.0 Å². The van der Waals surface area contributed by atoms with Crippen molar-refractivity contribution in [2.45, 2.75) is 32.6 Å². The highest BCUT2D eigenvalue weighted by molar-refractivity contribution is 7.17. The van der Waals surface area contributed by atoms with E-state index in [1.165, 1.54) is 4.70 Å². The molecule has 2 nitrogen and oxygen atoms in total. The van der Waals surface area contributed by atoms with Gasteiger partial charge in [0.1, 0.15) is 0 Å². The van der Waals surface area contributed by atoms with E-state index in [2.05, 4.69) is 29.8 Å². The average Bonchev–Trinajstić information content (AvgIpc) is 3.12. The highest BCUT2D eigenvalue weighted by atomic mass is 32.1. The molecule has 3 rings (SSSR count). The van der Waals surface area contributed by atoms with Gasteiger partial charge in [-0.1, -0.05) is 38.0 Å². The van der Waals surface area contributed by atoms with Crippen LogP contribution in [0.25, 0.3) is 10.1 Å². The van der Waals surface area contributed by atoms with Crippen LogP contribution in [0.15, 0.2) is 29.6 Å². The molecular formula is C17H21NOS. The predicted octanol–water partition coefficient (Wildman–Crippen LogP) is 4.25. The zero-order valence-corrected chi connectivity index (χ0v) is 12.8. The molecular weight excluding hydrogens is 266 g/mol. The Hall–Kier alpha value is -1.19. The van der Waals surface area contributed by atoms with Crippen molar-refractivity contribution in [1.29, 1.82) is 0 Å². The fraction of sp³-hybridized carbons (Fsp3) is 0.471. The van der Waals surface area contributed by atoms with E-state index in [4.69, 9.17) is 0 Å². The Morgan fingerprint density at radius 2 is 2.25 bits per heavy atom. The number of hydrogen-bond donors (Lipinski definition) is 1. The lowest BCUT2D eigenvalue weighted by molar-refractivity contribution is 0.0802. The zero-order chi connectivity index (χ0) is 14.0. The molecule has 0 saturated carbocycles. The van der Waals surface area contributed by atoms with Crippen molar-refractivity contribution < 1.29 is 4.79 Å². The van der Waals surface area contributed by atoms with Crippen LogP contribution in [0, 0.1) is 5.41 Å². The molecule has 1 atom stereocenters. The second kappa shape index (κ2) is 5.66. The lowest BCUT2D eigenvalue weighted by Gasteiger charge is -2.26. The molecule has 1 fully saturated rings. The monoisotopic (exact) mass is 287 g/mol. The highest BCUT2D eigenvalue weighted by Gasteiger charge is 2.41. The van der Waals surface area contributed by atoms with Crippen LogP contribution in [0.5, 0.6) is 0 Å². The number of ketones is 1. The summed E-state index contributed by atoms with van der Waals surface area (Å²) in [6.07, 6.45) is 4.28. The fourth-order valence-corrected chi connectivity index (χ4v) is 4.16. The minimum absolute atomic E-state index is 0.167. The standard InChI is InChI=1S/C17H21NOS/c1-2-3-8-17(9-10-18-12-17)16(19)14-11-20-15-7-5-4-6-13(14)15/h4-7,11,18H,2-3,8-10,12H2,1H3. The van der Waals surface area contributed by atoms with E-state index >= 15 is 0 Å². The fourth-order valence-electron chi connectivity index (χ4n) is 3.22. The Labute approximate surface area is 124 Å². The molecule has 0 radical (unpaired) electrons. The Balaban J connectivity index is 1.97. The van der Waals surface area contributed by atoms with Gasteiger partial charge in [0.15, 0.2) is 5.78 Å². The van der Waals surface area contributed by atoms with Crippen LogP contribution in [-0.4, -0.2) is 18.9 Å². The van der Waals surface area contributed by atoms with E-state index in [1.54, 1.807) is 11.3 Å². The first-order chi connectivity index (χ1) is 9.77. The summed E-state index contributed by atoms with van der Waals surface area (Å²) in [4.78, 5) is 13.1. The van der Waals surface area contributed by atoms with Crippen molar-refractivity contribution in [3.8, 4) is 0 Å². The summed E-state index contributed by atoms with van der Waals surface area (Å²) >= 11 is 1.68. The highest BCUT2D eigenvalue weighted by Crippen LogP contribution is 2.38. The Kier molecular flexibility index (Phi) is 3.90. The summed E-state index contributed by atoms with van der Waals surface area (Å²) in [6, 6.07) is 8.24. The maximum atomic E-state index is 13.1. The molecule has 0 aliphatic carbocycles. The molecule has 106 valence electrons. The Bertz CT molecular complexity index is 610. The molecule has 3 heteroatoms. The predicted molar refractivity (Wildman–Crippen MR) is 85.6 cm³/mol. The third kappa shape index (κ3) is 2.29. The number of carbonyl (C=O) groups excluding carboxylic acids is 1. The first-order valence-corrected chi connectivity index (χ1v) is 8.36. The van der Waals surface area contributed by atoms with Crippen LogP contribution in [0.4, 0.5) is 0 Å². The van der Waals surface area contributed by atoms with Gasteiger partial charge < -0.3 is 5.32 Å². The van der Waals surface area contributed by atoms with Crippen molar-refractivity contribution in [3.05, 3.63) is 35.2 Å². The van der Waals surface area contributed by atoms with Crippen molar-refractivity contribution in [2.75, 3.05) is 13.1 Å². The van der Waals surface area contributed by atoms with Gasteiger partial charge in [-0.05, 0) is 25.5 Å². The summed E-state index contributed by atoms with van der Waals surface area (Å²) in [6.45, 7) is 4.01. The van der Waals surface area contributed by atoms with Gasteiger partial charge >= 0.3 is 0 Å². The second-order valence-electron chi connectivity index (χ2n) is 5.79. The molecule has 1 N–H and O–H groups in total. The molecule has 1 aliphatic rings. The van der Waals surface area contributed by atoms with Gasteiger partial charge in [0.25, 0.3) is 0 Å². The van der Waals surface area contributed by atoms with E-state index < -0.39 is 0 Å². The van der Waals surface area contributed by atoms with E-state index in [-0.39, 0.29) is 5.41 Å². The molecule has 1 saturated heterocycles. The number of rotatable bonds is 5. The number of Topliss-reactive ketones (excluding diaryl/α,β-unsaturated/α-hetero) is 1. The van der Waals surface area contributed by atoms with E-state index in [0.29, 0.717) is 5.78 Å². The maximum absolute atomic E-state index is 13.1. The van der Waals surface area contributed by atoms with Gasteiger partial charge in [-0.3, -0.25) is 4.79 Å². The maximum Gasteiger partial charge on any atom is 0.171 e. The summed E-state index contributed by atoms with van der Waals surface area (Å²) < 4.78 is 1.22. The lowest BCUT2D eigenvalue weighted by Crippen LogP contribution is -2.33. The largest absolute Gasteiger partial charge is 0.316 e. The summed E-state index contributed by atoms with van der Waals surface area (Å²) in [5, 5.41) is 6.58. The van der Waals surface area contributed by atoms with Crippen molar-refractivity contribution in [2.24, 2.45) is 5.41 Å². The smallest absolute Gasteiger partial charge is 0.171 e. The third-order valence-corrected chi connectivity index (χ3v) is 5.42. The third-order valence-electron chi connectivity index (χ3n) is 4.46. The number of unbranched alkanes of at least 4 members (excludes halogenated alkanes) is 1. The number of fused-ring (bicyclic) bond motifs is 1. The van der Waals surface area contributed by atoms with Crippen molar-refractivity contribution in [1.82, 2.24) is 5.32 Å². The summed E-state index contributed by atoms with van der Waals surface area (Å²) in [5.74, 6) is 0.355. The van der Waals surface area contributed by atoms with E-state index in [0.717, 1.165) is 49.7 Å². The minimum atomic E-state index is -0.167. The Morgan fingerprint density at radius 3 is 3.00 bits per heavy atom. The molecule has 2 heterocycles. The summed E-state index contributed by atoms with van der Waals surface area (Å²) in [7, 11) is 0. The SMILES string of the molecule is CCCCC1(C(=O)c2csc3ccccc23)CCNC1. The van der Waals surface area contributed by atoms with Crippen LogP contribution in [0.3, 0.4) is 0 Å². The van der Waals surface area contributed by atoms with Crippen LogP contribution in [0.1, 0.15) is 43.0 Å². The number of hydrogen-bond acceptors (Lipinski definition) is 3. The minimum Gasteiger partial charge on any atom is -0.316 e. The molecule has 2 aromatic rings. The van der Waals surface area contributed by atoms with Gasteiger partial charge in [0.05, 0.1) is 0 Å². The van der Waals surface area contributed by atoms with Gasteiger partial charge in [0.2, 0.25) is 0 Å². The zero-order valence-electron chi connectivity index (χ0n) is 11.9. The first kappa shape index (κ1) is 13.8. The first-order valence-electron chi connectivity index (χ1n) is 7.48. The van der Waals surface area contributed by atoms with Gasteiger partial charge in [-0.2, -0.15) is 0 Å². The molecule has 0 spiro atoms. The number of carbonyl (C=O) groups is 1. The second-order valence-corrected chi connectivity index (χ2v) is 6.70. The van der Waals surface area contributed by atoms with E-state index in [1.807, 2.05) is 12.1 Å². The molecule has 1 unspecified atom stereocenters. The quantitative estimate of drug-likeness (QED) is 0.833. The molecule has 1 aromatic heterocycles. The van der Waals surface area contributed by atoms with Crippen molar-refractivity contribution >= 4 is 27.2 Å². The van der Waals surface area contributed by atoms with Crippen molar-refractivity contribution in [3.63, 3.8) is 0 Å². The normalized spacial score (nSPS) is 22.4. The molecule has 20 heavy (non-hydrogen) atoms. The van der Waals surface area contributed by atoms with E-state index in [9.17, 15) is 4.79 Å². The van der Waals surface area contributed by atoms with Crippen LogP contribution in [-0.2, 0) is 0 Å². The molecule has 0 amide bonds. The lowest BCUT2D eigenvalue weighted by atomic mass is 9.75. The number of thiophene rings is 1. The topological polar surface area (TPSA) is 29.1 Å². The van der Waals surface area contributed by atoms with Crippen LogP contribution < -0.4 is 5.32 Å². The molecule has 1 aromatic carbocycles. The van der Waals surface area contributed by atoms with Gasteiger partial charge in [-0.15, -0.1) is 11.3 Å².